The molecule has 23 heavy (non-hydrogen) atoms. The van der Waals surface area contributed by atoms with Crippen LogP contribution in [-0.4, -0.2) is 23.7 Å². The van der Waals surface area contributed by atoms with Gasteiger partial charge in [0.05, 0.1) is 13.2 Å². The number of hydrogen-bond donors (Lipinski definition) is 0. The Kier molecular flexibility index (Phi) is 7.15. The smallest absolute Gasteiger partial charge is 0.268 e. The second kappa shape index (κ2) is 8.40. The summed E-state index contributed by atoms with van der Waals surface area (Å²) >= 11 is 0. The first-order valence-corrected chi connectivity index (χ1v) is 14.8. The Morgan fingerprint density at radius 3 is 1.96 bits per heavy atom. The summed E-state index contributed by atoms with van der Waals surface area (Å²) in [5.74, 6) is 1.35. The zero-order valence-corrected chi connectivity index (χ0v) is 17.5. The van der Waals surface area contributed by atoms with Gasteiger partial charge in [-0.05, 0) is 57.3 Å². The number of methoxy groups -OCH3 is 1. The van der Waals surface area contributed by atoms with Crippen molar-refractivity contribution < 1.29 is 13.6 Å². The van der Waals surface area contributed by atoms with E-state index < -0.39 is 16.6 Å². The minimum absolute atomic E-state index is 0.529. The monoisotopic (exact) mass is 350 g/mol. The van der Waals surface area contributed by atoms with Gasteiger partial charge in [0.1, 0.15) is 5.76 Å². The summed E-state index contributed by atoms with van der Waals surface area (Å²) in [7, 11) is -1.79. The first kappa shape index (κ1) is 19.6. The Morgan fingerprint density at radius 1 is 0.913 bits per heavy atom. The average molecular weight is 351 g/mol. The molecule has 0 heterocycles. The molecular weight excluding hydrogens is 320 g/mol. The fourth-order valence-corrected chi connectivity index (χ4v) is 3.46. The van der Waals surface area contributed by atoms with Gasteiger partial charge in [0.25, 0.3) is 5.95 Å². The SMILES string of the molecule is CO/C(=C/C(=C/Cc1ccccc1)O[Si](C)(C)C)O[Si](C)(C)C. The molecule has 0 aliphatic rings. The van der Waals surface area contributed by atoms with Crippen molar-refractivity contribution in [2.24, 2.45) is 0 Å². The lowest BCUT2D eigenvalue weighted by Crippen LogP contribution is -2.27. The third-order valence-electron chi connectivity index (χ3n) is 2.67. The Balaban J connectivity index is 2.99. The molecule has 0 amide bonds. The normalized spacial score (nSPS) is 13.7. The molecule has 1 aromatic carbocycles. The van der Waals surface area contributed by atoms with Crippen molar-refractivity contribution >= 4 is 16.6 Å². The van der Waals surface area contributed by atoms with Crippen LogP contribution >= 0.6 is 0 Å². The molecule has 5 heteroatoms. The van der Waals surface area contributed by atoms with Crippen molar-refractivity contribution in [3.63, 3.8) is 0 Å². The topological polar surface area (TPSA) is 27.7 Å². The Bertz CT molecular complexity index is 538. The van der Waals surface area contributed by atoms with Crippen molar-refractivity contribution in [3.05, 3.63) is 59.8 Å². The number of hydrogen-bond acceptors (Lipinski definition) is 3. The van der Waals surface area contributed by atoms with Crippen LogP contribution in [0.25, 0.3) is 0 Å². The molecule has 0 fully saturated rings. The van der Waals surface area contributed by atoms with Gasteiger partial charge in [-0.15, -0.1) is 0 Å². The average Bonchev–Trinajstić information content (AvgIpc) is 2.42. The lowest BCUT2D eigenvalue weighted by Gasteiger charge is -2.23. The summed E-state index contributed by atoms with van der Waals surface area (Å²) in [5, 5.41) is 0. The van der Waals surface area contributed by atoms with Gasteiger partial charge in [-0.1, -0.05) is 30.3 Å². The molecule has 0 saturated carbocycles. The lowest BCUT2D eigenvalue weighted by molar-refractivity contribution is 0.145. The van der Waals surface area contributed by atoms with E-state index in [0.29, 0.717) is 5.95 Å². The number of benzene rings is 1. The molecule has 0 radical (unpaired) electrons. The highest BCUT2D eigenvalue weighted by Gasteiger charge is 2.21. The van der Waals surface area contributed by atoms with Crippen LogP contribution < -0.4 is 0 Å². The van der Waals surface area contributed by atoms with Crippen molar-refractivity contribution in [3.8, 4) is 0 Å². The van der Waals surface area contributed by atoms with Crippen LogP contribution in [0.3, 0.4) is 0 Å². The van der Waals surface area contributed by atoms with Crippen LogP contribution in [0.5, 0.6) is 0 Å². The van der Waals surface area contributed by atoms with Crippen LogP contribution in [0.15, 0.2) is 54.2 Å². The van der Waals surface area contributed by atoms with E-state index in [1.807, 2.05) is 24.3 Å². The van der Waals surface area contributed by atoms with Crippen molar-refractivity contribution in [1.82, 2.24) is 0 Å². The van der Waals surface area contributed by atoms with Crippen LogP contribution in [0.2, 0.25) is 39.3 Å². The third kappa shape index (κ3) is 9.30. The Hall–Kier alpha value is -1.47. The van der Waals surface area contributed by atoms with E-state index in [-0.39, 0.29) is 0 Å². The maximum absolute atomic E-state index is 6.19. The molecular formula is C18H30O3Si2. The number of rotatable bonds is 8. The fourth-order valence-electron chi connectivity index (χ4n) is 1.86. The van der Waals surface area contributed by atoms with E-state index >= 15 is 0 Å². The molecule has 1 aromatic rings. The van der Waals surface area contributed by atoms with E-state index in [1.165, 1.54) is 5.56 Å². The molecule has 0 aliphatic heterocycles. The highest BCUT2D eigenvalue weighted by Crippen LogP contribution is 2.18. The summed E-state index contributed by atoms with van der Waals surface area (Å²) in [6.07, 6.45) is 4.79. The maximum atomic E-state index is 6.19. The minimum atomic E-state index is -1.72. The van der Waals surface area contributed by atoms with Gasteiger partial charge in [0.2, 0.25) is 16.6 Å². The van der Waals surface area contributed by atoms with Crippen LogP contribution in [0, 0.1) is 0 Å². The fraction of sp³-hybridized carbons (Fsp3) is 0.444. The van der Waals surface area contributed by atoms with Gasteiger partial charge in [-0.2, -0.15) is 0 Å². The van der Waals surface area contributed by atoms with Gasteiger partial charge in [-0.25, -0.2) is 0 Å². The lowest BCUT2D eigenvalue weighted by atomic mass is 10.1. The highest BCUT2D eigenvalue weighted by atomic mass is 28.4. The largest absolute Gasteiger partial charge is 0.544 e. The quantitative estimate of drug-likeness (QED) is 0.361. The molecule has 0 unspecified atom stereocenters. The molecule has 0 bridgehead atoms. The molecule has 0 N–H and O–H groups in total. The molecule has 1 rings (SSSR count). The zero-order chi connectivity index (χ0) is 17.5. The van der Waals surface area contributed by atoms with E-state index in [4.69, 9.17) is 13.6 Å². The summed E-state index contributed by atoms with van der Waals surface area (Å²) < 4.78 is 17.5. The predicted octanol–water partition coefficient (Wildman–Crippen LogP) is 5.30. The molecule has 0 atom stereocenters. The third-order valence-corrected chi connectivity index (χ3v) is 4.34. The summed E-state index contributed by atoms with van der Waals surface area (Å²) in [6, 6.07) is 10.3. The van der Waals surface area contributed by atoms with Crippen LogP contribution in [-0.2, 0) is 20.0 Å². The van der Waals surface area contributed by atoms with Gasteiger partial charge < -0.3 is 13.6 Å². The van der Waals surface area contributed by atoms with Gasteiger partial charge in [0.15, 0.2) is 0 Å². The van der Waals surface area contributed by atoms with E-state index in [9.17, 15) is 0 Å². The van der Waals surface area contributed by atoms with Crippen LogP contribution in [0.1, 0.15) is 5.56 Å². The Labute approximate surface area is 143 Å². The second-order valence-electron chi connectivity index (χ2n) is 7.39. The molecule has 0 aromatic heterocycles. The van der Waals surface area contributed by atoms with Gasteiger partial charge in [-0.3, -0.25) is 0 Å². The van der Waals surface area contributed by atoms with Crippen molar-refractivity contribution in [1.29, 1.82) is 0 Å². The first-order valence-electron chi connectivity index (χ1n) is 7.97. The van der Waals surface area contributed by atoms with Crippen LogP contribution in [0.4, 0.5) is 0 Å². The molecule has 0 aliphatic carbocycles. The zero-order valence-electron chi connectivity index (χ0n) is 15.5. The molecule has 0 spiro atoms. The predicted molar refractivity (Wildman–Crippen MR) is 102 cm³/mol. The van der Waals surface area contributed by atoms with Gasteiger partial charge >= 0.3 is 0 Å². The standard InChI is InChI=1S/C18H30O3Si2/c1-19-18(21-23(5,6)7)15-17(20-22(2,3)4)14-13-16-11-9-8-10-12-16/h8-12,14-15H,13H2,1-7H3/b17-14-,18-15-. The van der Waals surface area contributed by atoms with E-state index in [1.54, 1.807) is 7.11 Å². The van der Waals surface area contributed by atoms with E-state index in [0.717, 1.165) is 12.2 Å². The highest BCUT2D eigenvalue weighted by molar-refractivity contribution is 6.70. The summed E-state index contributed by atoms with van der Waals surface area (Å²) in [6.45, 7) is 12.9. The first-order chi connectivity index (χ1) is 10.6. The van der Waals surface area contributed by atoms with Gasteiger partial charge in [0, 0.05) is 0 Å². The molecule has 3 nitrogen and oxygen atoms in total. The summed E-state index contributed by atoms with van der Waals surface area (Å²) in [4.78, 5) is 0. The van der Waals surface area contributed by atoms with E-state index in [2.05, 4.69) is 57.5 Å². The van der Waals surface area contributed by atoms with Crippen molar-refractivity contribution in [2.45, 2.75) is 45.7 Å². The molecule has 128 valence electrons. The Morgan fingerprint density at radius 2 is 1.48 bits per heavy atom. The summed E-state index contributed by atoms with van der Waals surface area (Å²) in [5.41, 5.74) is 1.25. The minimum Gasteiger partial charge on any atom is -0.544 e. The number of ether oxygens (including phenoxy) is 1. The van der Waals surface area contributed by atoms with Crippen molar-refractivity contribution in [2.75, 3.05) is 7.11 Å². The maximum Gasteiger partial charge on any atom is 0.268 e. The number of allylic oxidation sites excluding steroid dienone is 2. The second-order valence-corrected chi connectivity index (χ2v) is 16.3. The molecule has 0 saturated heterocycles.